The van der Waals surface area contributed by atoms with Crippen molar-refractivity contribution in [2.24, 2.45) is 5.92 Å². The molecule has 13 heavy (non-hydrogen) atoms. The van der Waals surface area contributed by atoms with E-state index in [-0.39, 0.29) is 0 Å². The molecule has 0 aromatic heterocycles. The van der Waals surface area contributed by atoms with Gasteiger partial charge in [-0.15, -0.1) is 0 Å². The summed E-state index contributed by atoms with van der Waals surface area (Å²) in [4.78, 5) is 13.6. The Kier molecular flexibility index (Phi) is 2.56. The van der Waals surface area contributed by atoms with E-state index < -0.39 is 0 Å². The van der Waals surface area contributed by atoms with Crippen LogP contribution in [0.4, 0.5) is 0 Å². The molecule has 0 spiro atoms. The van der Waals surface area contributed by atoms with Crippen LogP contribution in [-0.2, 0) is 4.79 Å². The van der Waals surface area contributed by atoms with Crippen LogP contribution in [0.2, 0.25) is 0 Å². The Morgan fingerprint density at radius 3 is 2.46 bits per heavy atom. The standard InChI is InChI=1S/C11H19NO/c1-9-4-6-10(7-5-9)12-8-2-3-11(12)13/h9-10H,2-8H2,1H3/t9-,10-. The molecule has 0 aromatic rings. The first-order valence-electron chi connectivity index (χ1n) is 5.57. The molecule has 0 radical (unpaired) electrons. The van der Waals surface area contributed by atoms with Crippen molar-refractivity contribution in [1.82, 2.24) is 4.90 Å². The first-order chi connectivity index (χ1) is 6.27. The average molecular weight is 181 g/mol. The Hall–Kier alpha value is -0.530. The minimum absolute atomic E-state index is 0.402. The second kappa shape index (κ2) is 3.69. The molecule has 1 amide bonds. The lowest BCUT2D eigenvalue weighted by atomic mass is 9.87. The van der Waals surface area contributed by atoms with Crippen molar-refractivity contribution < 1.29 is 4.79 Å². The molecule has 1 saturated heterocycles. The van der Waals surface area contributed by atoms with E-state index in [0.29, 0.717) is 11.9 Å². The number of hydrogen-bond donors (Lipinski definition) is 0. The third-order valence-electron chi connectivity index (χ3n) is 3.54. The van der Waals surface area contributed by atoms with Gasteiger partial charge in [-0.1, -0.05) is 6.92 Å². The van der Waals surface area contributed by atoms with Crippen molar-refractivity contribution in [2.75, 3.05) is 6.54 Å². The van der Waals surface area contributed by atoms with Crippen molar-refractivity contribution in [3.63, 3.8) is 0 Å². The molecule has 2 rings (SSSR count). The van der Waals surface area contributed by atoms with Gasteiger partial charge in [0.15, 0.2) is 0 Å². The van der Waals surface area contributed by atoms with E-state index in [1.807, 2.05) is 0 Å². The second-order valence-electron chi connectivity index (χ2n) is 4.60. The van der Waals surface area contributed by atoms with Gasteiger partial charge in [0, 0.05) is 19.0 Å². The SMILES string of the molecule is C[C@H]1CC[C@H](N2CCCC2=O)CC1. The lowest BCUT2D eigenvalue weighted by molar-refractivity contribution is -0.130. The molecule has 2 nitrogen and oxygen atoms in total. The van der Waals surface area contributed by atoms with Crippen molar-refractivity contribution >= 4 is 5.91 Å². The molecule has 1 aliphatic heterocycles. The van der Waals surface area contributed by atoms with E-state index >= 15 is 0 Å². The molecule has 0 N–H and O–H groups in total. The van der Waals surface area contributed by atoms with E-state index in [1.54, 1.807) is 0 Å². The van der Waals surface area contributed by atoms with Gasteiger partial charge in [-0.25, -0.2) is 0 Å². The van der Waals surface area contributed by atoms with E-state index in [0.717, 1.165) is 25.3 Å². The van der Waals surface area contributed by atoms with Gasteiger partial charge in [0.2, 0.25) is 5.91 Å². The summed E-state index contributed by atoms with van der Waals surface area (Å²) in [5.41, 5.74) is 0. The fourth-order valence-corrected chi connectivity index (χ4v) is 2.61. The van der Waals surface area contributed by atoms with Crippen LogP contribution in [0.25, 0.3) is 0 Å². The fraction of sp³-hybridized carbons (Fsp3) is 0.909. The Morgan fingerprint density at radius 1 is 1.23 bits per heavy atom. The number of nitrogens with zero attached hydrogens (tertiary/aromatic N) is 1. The van der Waals surface area contributed by atoms with Gasteiger partial charge in [-0.3, -0.25) is 4.79 Å². The van der Waals surface area contributed by atoms with Crippen molar-refractivity contribution in [3.8, 4) is 0 Å². The maximum Gasteiger partial charge on any atom is 0.222 e. The molecule has 2 fully saturated rings. The minimum Gasteiger partial charge on any atom is -0.340 e. The largest absolute Gasteiger partial charge is 0.340 e. The highest BCUT2D eigenvalue weighted by atomic mass is 16.2. The van der Waals surface area contributed by atoms with Crippen LogP contribution < -0.4 is 0 Å². The summed E-state index contributed by atoms with van der Waals surface area (Å²) < 4.78 is 0. The minimum atomic E-state index is 0.402. The Balaban J connectivity index is 1.90. The highest BCUT2D eigenvalue weighted by Crippen LogP contribution is 2.29. The summed E-state index contributed by atoms with van der Waals surface area (Å²) in [5.74, 6) is 1.29. The third-order valence-corrected chi connectivity index (χ3v) is 3.54. The van der Waals surface area contributed by atoms with E-state index in [4.69, 9.17) is 0 Å². The van der Waals surface area contributed by atoms with Gasteiger partial charge in [0.05, 0.1) is 0 Å². The molecular formula is C11H19NO. The van der Waals surface area contributed by atoms with Gasteiger partial charge < -0.3 is 4.90 Å². The zero-order valence-corrected chi connectivity index (χ0v) is 8.46. The molecule has 74 valence electrons. The van der Waals surface area contributed by atoms with Gasteiger partial charge in [0.1, 0.15) is 0 Å². The smallest absolute Gasteiger partial charge is 0.222 e. The maximum absolute atomic E-state index is 11.5. The topological polar surface area (TPSA) is 20.3 Å². The van der Waals surface area contributed by atoms with E-state index in [2.05, 4.69) is 11.8 Å². The van der Waals surface area contributed by atoms with Crippen LogP contribution in [0, 0.1) is 5.92 Å². The summed E-state index contributed by atoms with van der Waals surface area (Å²) in [6, 6.07) is 0.589. The number of likely N-dealkylation sites (tertiary alicyclic amines) is 1. The van der Waals surface area contributed by atoms with Crippen LogP contribution >= 0.6 is 0 Å². The van der Waals surface area contributed by atoms with Gasteiger partial charge >= 0.3 is 0 Å². The van der Waals surface area contributed by atoms with Gasteiger partial charge in [0.25, 0.3) is 0 Å². The molecule has 0 aromatic carbocycles. The lowest BCUT2D eigenvalue weighted by Gasteiger charge is -2.33. The van der Waals surface area contributed by atoms with Crippen LogP contribution in [-0.4, -0.2) is 23.4 Å². The third kappa shape index (κ3) is 1.87. The van der Waals surface area contributed by atoms with Crippen LogP contribution in [0.5, 0.6) is 0 Å². The first kappa shape index (κ1) is 9.04. The van der Waals surface area contributed by atoms with Gasteiger partial charge in [-0.05, 0) is 38.0 Å². The van der Waals surface area contributed by atoms with Crippen molar-refractivity contribution in [2.45, 2.75) is 51.5 Å². The zero-order valence-electron chi connectivity index (χ0n) is 8.46. The van der Waals surface area contributed by atoms with Crippen molar-refractivity contribution in [1.29, 1.82) is 0 Å². The quantitative estimate of drug-likeness (QED) is 0.607. The summed E-state index contributed by atoms with van der Waals surface area (Å²) in [6.07, 6.45) is 7.00. The number of hydrogen-bond acceptors (Lipinski definition) is 1. The predicted molar refractivity (Wildman–Crippen MR) is 52.4 cm³/mol. The van der Waals surface area contributed by atoms with E-state index in [1.165, 1.54) is 25.7 Å². The fourth-order valence-electron chi connectivity index (χ4n) is 2.61. The van der Waals surface area contributed by atoms with Crippen LogP contribution in [0.3, 0.4) is 0 Å². The molecule has 0 bridgehead atoms. The van der Waals surface area contributed by atoms with Crippen molar-refractivity contribution in [3.05, 3.63) is 0 Å². The summed E-state index contributed by atoms with van der Waals surface area (Å²) in [6.45, 7) is 3.35. The van der Waals surface area contributed by atoms with E-state index in [9.17, 15) is 4.79 Å². The second-order valence-corrected chi connectivity index (χ2v) is 4.60. The molecule has 1 saturated carbocycles. The Bertz CT molecular complexity index is 194. The molecule has 0 unspecified atom stereocenters. The highest BCUT2D eigenvalue weighted by molar-refractivity contribution is 5.78. The normalized spacial score (nSPS) is 35.5. The Labute approximate surface area is 80.3 Å². The summed E-state index contributed by atoms with van der Waals surface area (Å²) in [5, 5.41) is 0. The van der Waals surface area contributed by atoms with Crippen LogP contribution in [0.15, 0.2) is 0 Å². The maximum atomic E-state index is 11.5. The molecule has 2 aliphatic rings. The number of carbonyl (C=O) groups is 1. The first-order valence-corrected chi connectivity index (χ1v) is 5.57. The van der Waals surface area contributed by atoms with Crippen LogP contribution in [0.1, 0.15) is 45.4 Å². The Morgan fingerprint density at radius 2 is 1.92 bits per heavy atom. The summed E-state index contributed by atoms with van der Waals surface area (Å²) in [7, 11) is 0. The molecule has 1 aliphatic carbocycles. The molecule has 2 heteroatoms. The lowest BCUT2D eigenvalue weighted by Crippen LogP contribution is -2.38. The highest BCUT2D eigenvalue weighted by Gasteiger charge is 2.29. The number of carbonyl (C=O) groups excluding carboxylic acids is 1. The zero-order chi connectivity index (χ0) is 9.26. The predicted octanol–water partition coefficient (Wildman–Crippen LogP) is 2.19. The molecular weight excluding hydrogens is 162 g/mol. The molecule has 1 heterocycles. The number of amides is 1. The monoisotopic (exact) mass is 181 g/mol. The molecule has 0 atom stereocenters. The average Bonchev–Trinajstić information content (AvgIpc) is 2.53. The van der Waals surface area contributed by atoms with Gasteiger partial charge in [-0.2, -0.15) is 0 Å². The summed E-state index contributed by atoms with van der Waals surface area (Å²) >= 11 is 0. The number of rotatable bonds is 1.